The molecule has 4 unspecified atom stereocenters. The number of nitrogens with one attached hydrogen (secondary N) is 1. The first-order valence-electron chi connectivity index (χ1n) is 4.04. The average molecular weight is 227 g/mol. The summed E-state index contributed by atoms with van der Waals surface area (Å²) < 4.78 is 25.8. The van der Waals surface area contributed by atoms with Gasteiger partial charge in [-0.15, -0.1) is 0 Å². The van der Waals surface area contributed by atoms with Crippen molar-refractivity contribution in [3.8, 4) is 0 Å². The van der Waals surface area contributed by atoms with Crippen molar-refractivity contribution in [1.29, 1.82) is 0 Å². The lowest BCUT2D eigenvalue weighted by molar-refractivity contribution is -0.210. The van der Waals surface area contributed by atoms with E-state index in [4.69, 9.17) is 14.4 Å². The fourth-order valence-electron chi connectivity index (χ4n) is 1.31. The summed E-state index contributed by atoms with van der Waals surface area (Å²) in [6.45, 7) is -0.316. The van der Waals surface area contributed by atoms with Crippen LogP contribution < -0.4 is 4.72 Å². The topological polar surface area (TPSA) is 119 Å². The van der Waals surface area contributed by atoms with Gasteiger partial charge >= 0.3 is 0 Å². The van der Waals surface area contributed by atoms with Gasteiger partial charge in [0.25, 0.3) is 0 Å². The predicted molar refractivity (Wildman–Crippen MR) is 46.3 cm³/mol. The second-order valence-electron chi connectivity index (χ2n) is 3.03. The molecule has 0 aromatic carbocycles. The smallest absolute Gasteiger partial charge is 0.232 e. The number of ether oxygens (including phenoxy) is 1. The van der Waals surface area contributed by atoms with Gasteiger partial charge in [-0.1, -0.05) is 0 Å². The van der Waals surface area contributed by atoms with E-state index in [-0.39, 0.29) is 13.0 Å². The van der Waals surface area contributed by atoms with Crippen LogP contribution in [0.25, 0.3) is 0 Å². The van der Waals surface area contributed by atoms with Crippen LogP contribution in [0.1, 0.15) is 6.42 Å². The van der Waals surface area contributed by atoms with E-state index < -0.39 is 35.8 Å². The van der Waals surface area contributed by atoms with Crippen molar-refractivity contribution in [3.05, 3.63) is 0 Å². The summed E-state index contributed by atoms with van der Waals surface area (Å²) in [5, 5.41) is 27.4. The Morgan fingerprint density at radius 1 is 1.50 bits per heavy atom. The van der Waals surface area contributed by atoms with Crippen molar-refractivity contribution in [1.82, 2.24) is 4.72 Å². The number of hydrogen-bond donors (Lipinski definition) is 5. The molecule has 0 amide bonds. The summed E-state index contributed by atoms with van der Waals surface area (Å²) in [6, 6.07) is -1.02. The van der Waals surface area contributed by atoms with E-state index in [0.717, 1.165) is 0 Å². The molecular weight excluding hydrogens is 214 g/mol. The fraction of sp³-hybridized carbons (Fsp3) is 1.00. The Hall–Kier alpha value is -0.0900. The summed E-state index contributed by atoms with van der Waals surface area (Å²) >= 11 is -2.33. The van der Waals surface area contributed by atoms with E-state index >= 15 is 0 Å². The summed E-state index contributed by atoms with van der Waals surface area (Å²) in [5.41, 5.74) is 0. The van der Waals surface area contributed by atoms with Crippen molar-refractivity contribution in [2.75, 3.05) is 6.61 Å². The molecule has 1 saturated heterocycles. The molecule has 7 nitrogen and oxygen atoms in total. The van der Waals surface area contributed by atoms with Gasteiger partial charge in [-0.3, -0.25) is 4.55 Å². The first kappa shape index (κ1) is 12.0. The summed E-state index contributed by atoms with van der Waals surface area (Å²) in [4.78, 5) is 0. The van der Waals surface area contributed by atoms with E-state index in [0.29, 0.717) is 0 Å². The standard InChI is InChI=1S/C6H13NO6S/c8-2-3-1-4(9)5(6(10)13-3)7-14(11)12/h3-10H,1-2H2,(H,11,12)/t3?,4-,5?,6?/m1/s1. The van der Waals surface area contributed by atoms with Crippen LogP contribution in [0.4, 0.5) is 0 Å². The number of aliphatic hydroxyl groups is 3. The Balaban J connectivity index is 2.55. The predicted octanol–water partition coefficient (Wildman–Crippen LogP) is -2.46. The van der Waals surface area contributed by atoms with Crippen LogP contribution in [0.3, 0.4) is 0 Å². The lowest BCUT2D eigenvalue weighted by Gasteiger charge is -2.35. The normalized spacial score (nSPS) is 40.9. The Morgan fingerprint density at radius 3 is 2.57 bits per heavy atom. The molecule has 8 heteroatoms. The molecule has 0 aliphatic carbocycles. The minimum atomic E-state index is -2.33. The van der Waals surface area contributed by atoms with Gasteiger partial charge < -0.3 is 20.1 Å². The lowest BCUT2D eigenvalue weighted by Crippen LogP contribution is -2.56. The van der Waals surface area contributed by atoms with Crippen LogP contribution >= 0.6 is 0 Å². The molecule has 0 radical (unpaired) electrons. The first-order valence-corrected chi connectivity index (χ1v) is 5.14. The van der Waals surface area contributed by atoms with Crippen molar-refractivity contribution in [3.63, 3.8) is 0 Å². The molecule has 5 atom stereocenters. The third kappa shape index (κ3) is 2.95. The van der Waals surface area contributed by atoms with Gasteiger partial charge in [0.05, 0.1) is 24.9 Å². The van der Waals surface area contributed by atoms with Crippen molar-refractivity contribution >= 4 is 11.3 Å². The molecule has 1 fully saturated rings. The van der Waals surface area contributed by atoms with E-state index in [1.165, 1.54) is 0 Å². The zero-order valence-corrected chi connectivity index (χ0v) is 8.05. The first-order chi connectivity index (χ1) is 6.54. The van der Waals surface area contributed by atoms with Gasteiger partial charge in [-0.2, -0.15) is 0 Å². The Labute approximate surface area is 83.1 Å². The highest BCUT2D eigenvalue weighted by Crippen LogP contribution is 2.18. The van der Waals surface area contributed by atoms with Gasteiger partial charge in [0.2, 0.25) is 11.3 Å². The van der Waals surface area contributed by atoms with E-state index in [1.54, 1.807) is 0 Å². The van der Waals surface area contributed by atoms with Gasteiger partial charge in [0.1, 0.15) is 0 Å². The zero-order chi connectivity index (χ0) is 10.7. The molecule has 0 spiro atoms. The van der Waals surface area contributed by atoms with Gasteiger partial charge in [0.15, 0.2) is 6.29 Å². The number of aliphatic hydroxyl groups excluding tert-OH is 3. The second kappa shape index (κ2) is 5.12. The highest BCUT2D eigenvalue weighted by Gasteiger charge is 2.37. The van der Waals surface area contributed by atoms with Crippen molar-refractivity contribution in [2.24, 2.45) is 0 Å². The molecule has 1 heterocycles. The van der Waals surface area contributed by atoms with Crippen LogP contribution in [-0.4, -0.2) is 55.2 Å². The number of rotatable bonds is 3. The van der Waals surface area contributed by atoms with Gasteiger partial charge in [-0.05, 0) is 0 Å². The molecule has 84 valence electrons. The van der Waals surface area contributed by atoms with E-state index in [2.05, 4.69) is 0 Å². The molecule has 1 aliphatic rings. The molecular formula is C6H13NO6S. The lowest BCUT2D eigenvalue weighted by atomic mass is 10.0. The SMILES string of the molecule is O=S(O)NC1C(O)OC(CO)C[C@H]1O. The molecule has 5 N–H and O–H groups in total. The molecule has 0 bridgehead atoms. The summed E-state index contributed by atoms with van der Waals surface area (Å²) in [7, 11) is 0. The van der Waals surface area contributed by atoms with Gasteiger partial charge in [0, 0.05) is 6.42 Å². The van der Waals surface area contributed by atoms with Crippen LogP contribution in [0.5, 0.6) is 0 Å². The van der Waals surface area contributed by atoms with Crippen LogP contribution in [0, 0.1) is 0 Å². The van der Waals surface area contributed by atoms with Crippen molar-refractivity contribution in [2.45, 2.75) is 31.0 Å². The highest BCUT2D eigenvalue weighted by atomic mass is 32.2. The molecule has 14 heavy (non-hydrogen) atoms. The largest absolute Gasteiger partial charge is 0.394 e. The maximum absolute atomic E-state index is 10.4. The average Bonchev–Trinajstić information content (AvgIpc) is 2.10. The van der Waals surface area contributed by atoms with E-state index in [1.807, 2.05) is 4.72 Å². The zero-order valence-electron chi connectivity index (χ0n) is 7.24. The quantitative estimate of drug-likeness (QED) is 0.341. The van der Waals surface area contributed by atoms with Crippen LogP contribution in [0.15, 0.2) is 0 Å². The molecule has 1 rings (SSSR count). The van der Waals surface area contributed by atoms with Crippen LogP contribution in [-0.2, 0) is 16.0 Å². The Kier molecular flexibility index (Phi) is 4.38. The fourth-order valence-corrected chi connectivity index (χ4v) is 1.82. The Bertz CT molecular complexity index is 202. The number of hydrogen-bond acceptors (Lipinski definition) is 5. The molecule has 0 saturated carbocycles. The molecule has 1 aliphatic heterocycles. The summed E-state index contributed by atoms with van der Waals surface area (Å²) in [5.74, 6) is 0. The maximum Gasteiger partial charge on any atom is 0.232 e. The molecule has 0 aromatic heterocycles. The minimum Gasteiger partial charge on any atom is -0.394 e. The summed E-state index contributed by atoms with van der Waals surface area (Å²) in [6.07, 6.45) is -2.99. The van der Waals surface area contributed by atoms with Crippen molar-refractivity contribution < 1.29 is 28.8 Å². The maximum atomic E-state index is 10.4. The third-order valence-electron chi connectivity index (χ3n) is 2.00. The monoisotopic (exact) mass is 227 g/mol. The molecule has 0 aromatic rings. The van der Waals surface area contributed by atoms with Crippen LogP contribution in [0.2, 0.25) is 0 Å². The second-order valence-corrected chi connectivity index (χ2v) is 3.76. The third-order valence-corrected chi connectivity index (χ3v) is 2.47. The van der Waals surface area contributed by atoms with E-state index in [9.17, 15) is 14.4 Å². The van der Waals surface area contributed by atoms with Gasteiger partial charge in [-0.25, -0.2) is 8.93 Å². The Morgan fingerprint density at radius 2 is 2.14 bits per heavy atom. The highest BCUT2D eigenvalue weighted by molar-refractivity contribution is 7.77. The minimum absolute atomic E-state index is 0.0996.